The van der Waals surface area contributed by atoms with Gasteiger partial charge < -0.3 is 19.3 Å². The monoisotopic (exact) mass is 407 g/mol. The molecule has 30 heavy (non-hydrogen) atoms. The second-order valence-corrected chi connectivity index (χ2v) is 7.42. The van der Waals surface area contributed by atoms with Gasteiger partial charge in [-0.1, -0.05) is 48.4 Å². The lowest BCUT2D eigenvalue weighted by Crippen LogP contribution is -3.10. The number of nitrogens with zero attached hydrogens (tertiary/aromatic N) is 1. The molecule has 0 spiro atoms. The maximum Gasteiger partial charge on any atom is 0.126 e. The highest BCUT2D eigenvalue weighted by molar-refractivity contribution is 5.19. The van der Waals surface area contributed by atoms with E-state index in [1.807, 2.05) is 36.5 Å². The van der Waals surface area contributed by atoms with E-state index in [1.54, 1.807) is 12.1 Å². The first-order chi connectivity index (χ1) is 14.6. The molecule has 2 aromatic carbocycles. The predicted molar refractivity (Wildman–Crippen MR) is 115 cm³/mol. The third-order valence-electron chi connectivity index (χ3n) is 4.91. The van der Waals surface area contributed by atoms with Crippen molar-refractivity contribution in [3.8, 4) is 12.3 Å². The van der Waals surface area contributed by atoms with Crippen LogP contribution in [0.4, 0.5) is 4.39 Å². The van der Waals surface area contributed by atoms with Crippen molar-refractivity contribution in [2.45, 2.75) is 25.7 Å². The van der Waals surface area contributed by atoms with Crippen molar-refractivity contribution in [2.24, 2.45) is 0 Å². The smallest absolute Gasteiger partial charge is 0.126 e. The first-order valence-electron chi connectivity index (χ1n) is 10.1. The molecule has 0 fully saturated rings. The van der Waals surface area contributed by atoms with Gasteiger partial charge in [-0.3, -0.25) is 0 Å². The topological polar surface area (TPSA) is 38.8 Å². The molecule has 0 aliphatic carbocycles. The Hall–Kier alpha value is -2.91. The fourth-order valence-electron chi connectivity index (χ4n) is 3.59. The first-order valence-corrected chi connectivity index (χ1v) is 10.1. The van der Waals surface area contributed by atoms with Crippen molar-refractivity contribution in [1.82, 2.24) is 4.57 Å². The number of aromatic nitrogens is 1. The van der Waals surface area contributed by atoms with Crippen LogP contribution < -0.4 is 4.90 Å². The largest absolute Gasteiger partial charge is 0.385 e. The standard InChI is InChI=1S/C25H27FN2O2/c1-2-14-30-20-25(29)19-27(16-21-8-4-3-5-9-21)18-24-12-7-13-28(24)17-22-10-6-11-23(26)15-22/h1,3-13,15,25,29H,14,16-20H2/p+1/t25-/m0/s1. The molecule has 1 heterocycles. The zero-order valence-electron chi connectivity index (χ0n) is 17.0. The van der Waals surface area contributed by atoms with Gasteiger partial charge in [0.1, 0.15) is 38.2 Å². The van der Waals surface area contributed by atoms with Crippen LogP contribution in [0.15, 0.2) is 72.9 Å². The van der Waals surface area contributed by atoms with Gasteiger partial charge in [0, 0.05) is 18.3 Å². The molecule has 0 aliphatic rings. The number of rotatable bonds is 11. The molecule has 5 heteroatoms. The minimum absolute atomic E-state index is 0.196. The number of quaternary nitrogens is 1. The fraction of sp³-hybridized carbons (Fsp3) is 0.280. The Bertz CT molecular complexity index is 949. The second-order valence-electron chi connectivity index (χ2n) is 7.42. The molecule has 0 saturated heterocycles. The molecule has 0 amide bonds. The van der Waals surface area contributed by atoms with Crippen LogP contribution >= 0.6 is 0 Å². The summed E-state index contributed by atoms with van der Waals surface area (Å²) < 4.78 is 21.0. The average Bonchev–Trinajstić information content (AvgIpc) is 3.15. The number of benzene rings is 2. The van der Waals surface area contributed by atoms with Crippen molar-refractivity contribution in [1.29, 1.82) is 0 Å². The van der Waals surface area contributed by atoms with E-state index in [9.17, 15) is 9.50 Å². The van der Waals surface area contributed by atoms with Crippen LogP contribution in [0.25, 0.3) is 0 Å². The highest BCUT2D eigenvalue weighted by Gasteiger charge is 2.18. The Morgan fingerprint density at radius 3 is 2.60 bits per heavy atom. The Morgan fingerprint density at radius 2 is 1.83 bits per heavy atom. The van der Waals surface area contributed by atoms with Crippen LogP contribution in [0.1, 0.15) is 16.8 Å². The molecule has 2 N–H and O–H groups in total. The van der Waals surface area contributed by atoms with Gasteiger partial charge in [0.15, 0.2) is 0 Å². The summed E-state index contributed by atoms with van der Waals surface area (Å²) in [7, 11) is 0. The summed E-state index contributed by atoms with van der Waals surface area (Å²) >= 11 is 0. The molecule has 1 unspecified atom stereocenters. The van der Waals surface area contributed by atoms with Crippen molar-refractivity contribution in [3.63, 3.8) is 0 Å². The third-order valence-corrected chi connectivity index (χ3v) is 4.91. The van der Waals surface area contributed by atoms with Gasteiger partial charge in [0.2, 0.25) is 0 Å². The summed E-state index contributed by atoms with van der Waals surface area (Å²) in [5, 5.41) is 10.4. The molecule has 2 atom stereocenters. The molecule has 3 rings (SSSR count). The van der Waals surface area contributed by atoms with Gasteiger partial charge in [0.25, 0.3) is 0 Å². The predicted octanol–water partition coefficient (Wildman–Crippen LogP) is 2.27. The van der Waals surface area contributed by atoms with Crippen LogP contribution in [0.2, 0.25) is 0 Å². The molecule has 156 valence electrons. The zero-order chi connectivity index (χ0) is 21.2. The number of aliphatic hydroxyl groups is 1. The van der Waals surface area contributed by atoms with Crippen LogP contribution in [0, 0.1) is 18.2 Å². The van der Waals surface area contributed by atoms with Crippen molar-refractivity contribution in [2.75, 3.05) is 19.8 Å². The maximum atomic E-state index is 13.6. The summed E-state index contributed by atoms with van der Waals surface area (Å²) in [4.78, 5) is 1.21. The summed E-state index contributed by atoms with van der Waals surface area (Å²) in [6.07, 6.45) is 6.61. The van der Waals surface area contributed by atoms with E-state index < -0.39 is 6.10 Å². The minimum atomic E-state index is -0.608. The molecule has 0 aliphatic heterocycles. The van der Waals surface area contributed by atoms with E-state index in [1.165, 1.54) is 16.5 Å². The number of halogens is 1. The van der Waals surface area contributed by atoms with Crippen LogP contribution in [-0.2, 0) is 24.4 Å². The summed E-state index contributed by atoms with van der Waals surface area (Å²) in [6, 6.07) is 21.0. The lowest BCUT2D eigenvalue weighted by atomic mass is 10.2. The number of ether oxygens (including phenoxy) is 1. The molecule has 0 bridgehead atoms. The number of terminal acetylenes is 1. The maximum absolute atomic E-state index is 13.6. The Labute approximate surface area is 177 Å². The normalized spacial score (nSPS) is 13.0. The molecule has 0 radical (unpaired) electrons. The van der Waals surface area contributed by atoms with E-state index in [0.29, 0.717) is 13.1 Å². The Morgan fingerprint density at radius 1 is 1.03 bits per heavy atom. The number of nitrogens with one attached hydrogen (secondary N) is 1. The summed E-state index contributed by atoms with van der Waals surface area (Å²) in [6.45, 7) is 3.05. The number of hydrogen-bond acceptors (Lipinski definition) is 2. The summed E-state index contributed by atoms with van der Waals surface area (Å²) in [5.74, 6) is 2.19. The van der Waals surface area contributed by atoms with Crippen LogP contribution in [0.3, 0.4) is 0 Å². The second kappa shape index (κ2) is 11.3. The van der Waals surface area contributed by atoms with E-state index in [0.717, 1.165) is 24.3 Å². The van der Waals surface area contributed by atoms with Gasteiger partial charge in [-0.2, -0.15) is 0 Å². The first kappa shape index (κ1) is 21.8. The van der Waals surface area contributed by atoms with Gasteiger partial charge in [0.05, 0.1) is 12.3 Å². The van der Waals surface area contributed by atoms with E-state index in [4.69, 9.17) is 11.2 Å². The average molecular weight is 408 g/mol. The molecular formula is C25H28FN2O2+. The molecule has 3 aromatic rings. The van der Waals surface area contributed by atoms with Crippen LogP contribution in [0.5, 0.6) is 0 Å². The molecule has 0 saturated carbocycles. The Balaban J connectivity index is 1.71. The number of hydrogen-bond donors (Lipinski definition) is 2. The van der Waals surface area contributed by atoms with Crippen LogP contribution in [-0.4, -0.2) is 35.5 Å². The van der Waals surface area contributed by atoms with Crippen molar-refractivity contribution >= 4 is 0 Å². The van der Waals surface area contributed by atoms with Gasteiger partial charge in [-0.05, 0) is 29.8 Å². The lowest BCUT2D eigenvalue weighted by Gasteiger charge is -2.23. The van der Waals surface area contributed by atoms with Gasteiger partial charge in [-0.25, -0.2) is 4.39 Å². The Kier molecular flexibility index (Phi) is 8.22. The summed E-state index contributed by atoms with van der Waals surface area (Å²) in [5.41, 5.74) is 3.24. The highest BCUT2D eigenvalue weighted by Crippen LogP contribution is 2.09. The fourth-order valence-corrected chi connectivity index (χ4v) is 3.59. The van der Waals surface area contributed by atoms with E-state index in [2.05, 4.69) is 28.7 Å². The lowest BCUT2D eigenvalue weighted by molar-refractivity contribution is -0.931. The number of aliphatic hydroxyl groups excluding tert-OH is 1. The van der Waals surface area contributed by atoms with Crippen molar-refractivity contribution < 1.29 is 19.1 Å². The zero-order valence-corrected chi connectivity index (χ0v) is 17.0. The SMILES string of the molecule is C#CCOC[C@@H](O)C[NH+](Cc1ccccc1)Cc1cccn1Cc1cccc(F)c1. The highest BCUT2D eigenvalue weighted by atomic mass is 19.1. The van der Waals surface area contributed by atoms with Gasteiger partial charge >= 0.3 is 0 Å². The quantitative estimate of drug-likeness (QED) is 0.378. The molecule has 1 aromatic heterocycles. The van der Waals surface area contributed by atoms with E-state index >= 15 is 0 Å². The molecular weight excluding hydrogens is 379 g/mol. The molecule has 4 nitrogen and oxygen atoms in total. The van der Waals surface area contributed by atoms with Crippen molar-refractivity contribution in [3.05, 3.63) is 95.6 Å². The van der Waals surface area contributed by atoms with E-state index in [-0.39, 0.29) is 19.0 Å². The minimum Gasteiger partial charge on any atom is -0.385 e. The third kappa shape index (κ3) is 6.85. The van der Waals surface area contributed by atoms with Gasteiger partial charge in [-0.15, -0.1) is 6.42 Å².